The van der Waals surface area contributed by atoms with Crippen LogP contribution in [0.3, 0.4) is 0 Å². The molecule has 35 heavy (non-hydrogen) atoms. The fourth-order valence-electron chi connectivity index (χ4n) is 4.80. The van der Waals surface area contributed by atoms with Crippen molar-refractivity contribution in [1.82, 2.24) is 15.0 Å². The average molecular weight is 470 g/mol. The largest absolute Gasteiger partial charge is 0.378 e. The van der Waals surface area contributed by atoms with Crippen LogP contribution in [-0.2, 0) is 11.2 Å². The smallest absolute Gasteiger partial charge is 0.228 e. The number of anilines is 3. The Morgan fingerprint density at radius 2 is 1.89 bits per heavy atom. The lowest BCUT2D eigenvalue weighted by atomic mass is 10.1. The summed E-state index contributed by atoms with van der Waals surface area (Å²) in [7, 11) is 0. The van der Waals surface area contributed by atoms with E-state index in [1.807, 2.05) is 12.1 Å². The van der Waals surface area contributed by atoms with Crippen molar-refractivity contribution in [3.05, 3.63) is 59.8 Å². The number of benzene rings is 1. The van der Waals surface area contributed by atoms with Crippen molar-refractivity contribution < 1.29 is 4.74 Å². The van der Waals surface area contributed by atoms with Crippen LogP contribution in [0.25, 0.3) is 11.3 Å². The van der Waals surface area contributed by atoms with Gasteiger partial charge in [0.15, 0.2) is 0 Å². The van der Waals surface area contributed by atoms with Gasteiger partial charge >= 0.3 is 0 Å². The van der Waals surface area contributed by atoms with E-state index in [1.165, 1.54) is 5.56 Å². The first-order valence-electron chi connectivity index (χ1n) is 12.3. The van der Waals surface area contributed by atoms with Crippen molar-refractivity contribution in [1.29, 1.82) is 5.26 Å². The first-order chi connectivity index (χ1) is 17.2. The minimum Gasteiger partial charge on any atom is -0.378 e. The number of aryl methyl sites for hydroxylation is 1. The number of hydrogen-bond donors (Lipinski definition) is 0. The molecule has 0 bridgehead atoms. The zero-order valence-electron chi connectivity index (χ0n) is 20.4. The molecule has 0 saturated carbocycles. The molecule has 180 valence electrons. The topological polar surface area (TPSA) is 81.4 Å². The Hall–Kier alpha value is -3.70. The van der Waals surface area contributed by atoms with E-state index in [-0.39, 0.29) is 6.04 Å². The molecule has 0 unspecified atom stereocenters. The molecule has 2 aromatic heterocycles. The molecule has 3 aromatic rings. The maximum atomic E-state index is 9.52. The number of nitriles is 1. The highest BCUT2D eigenvalue weighted by molar-refractivity contribution is 5.66. The lowest BCUT2D eigenvalue weighted by Crippen LogP contribution is -2.53. The Labute approximate surface area is 206 Å². The molecule has 8 heteroatoms. The molecule has 4 heterocycles. The fourth-order valence-corrected chi connectivity index (χ4v) is 4.80. The van der Waals surface area contributed by atoms with Gasteiger partial charge in [0.2, 0.25) is 5.95 Å². The van der Waals surface area contributed by atoms with Gasteiger partial charge in [-0.1, -0.05) is 25.1 Å². The Morgan fingerprint density at radius 1 is 1.03 bits per heavy atom. The van der Waals surface area contributed by atoms with Crippen LogP contribution >= 0.6 is 0 Å². The third-order valence-corrected chi connectivity index (χ3v) is 6.75. The highest BCUT2D eigenvalue weighted by Crippen LogP contribution is 2.29. The van der Waals surface area contributed by atoms with E-state index in [0.29, 0.717) is 18.8 Å². The average Bonchev–Trinajstić information content (AvgIpc) is 2.93. The fraction of sp³-hybridized carbons (Fsp3) is 0.407. The highest BCUT2D eigenvalue weighted by Gasteiger charge is 2.28. The van der Waals surface area contributed by atoms with Crippen molar-refractivity contribution in [3.8, 4) is 17.3 Å². The molecule has 1 aromatic carbocycles. The van der Waals surface area contributed by atoms with Gasteiger partial charge in [0.25, 0.3) is 0 Å². The van der Waals surface area contributed by atoms with E-state index < -0.39 is 0 Å². The molecule has 0 radical (unpaired) electrons. The molecule has 8 nitrogen and oxygen atoms in total. The zero-order chi connectivity index (χ0) is 24.2. The second-order valence-electron chi connectivity index (χ2n) is 9.04. The van der Waals surface area contributed by atoms with E-state index >= 15 is 0 Å². The number of morpholine rings is 1. The summed E-state index contributed by atoms with van der Waals surface area (Å²) < 4.78 is 5.56. The minimum absolute atomic E-state index is 0.194. The van der Waals surface area contributed by atoms with Gasteiger partial charge in [0, 0.05) is 56.6 Å². The molecule has 0 N–H and O–H groups in total. The lowest BCUT2D eigenvalue weighted by Gasteiger charge is -2.41. The van der Waals surface area contributed by atoms with Gasteiger partial charge in [0.05, 0.1) is 24.5 Å². The van der Waals surface area contributed by atoms with Crippen LogP contribution in [0.1, 0.15) is 25.0 Å². The molecule has 2 aliphatic heterocycles. The molecule has 0 spiro atoms. The molecule has 0 aliphatic carbocycles. The number of ether oxygens (including phenoxy) is 1. The monoisotopic (exact) mass is 469 g/mol. The van der Waals surface area contributed by atoms with Crippen LogP contribution < -0.4 is 14.7 Å². The molecule has 2 aliphatic rings. The van der Waals surface area contributed by atoms with E-state index in [4.69, 9.17) is 14.7 Å². The summed E-state index contributed by atoms with van der Waals surface area (Å²) >= 11 is 0. The Morgan fingerprint density at radius 3 is 2.66 bits per heavy atom. The molecular formula is C27H31N7O. The second kappa shape index (κ2) is 10.3. The molecule has 2 fully saturated rings. The van der Waals surface area contributed by atoms with Crippen LogP contribution in [0, 0.1) is 11.3 Å². The Balaban J connectivity index is 1.47. The highest BCUT2D eigenvalue weighted by atomic mass is 16.5. The summed E-state index contributed by atoms with van der Waals surface area (Å²) in [5.41, 5.74) is 3.96. The maximum Gasteiger partial charge on any atom is 0.228 e. The quantitative estimate of drug-likeness (QED) is 0.561. The second-order valence-corrected chi connectivity index (χ2v) is 9.04. The number of nitrogens with zero attached hydrogens (tertiary/aromatic N) is 7. The minimum atomic E-state index is 0.194. The number of pyridine rings is 1. The lowest BCUT2D eigenvalue weighted by molar-refractivity contribution is 0.122. The number of piperazine rings is 1. The van der Waals surface area contributed by atoms with E-state index in [1.54, 1.807) is 6.20 Å². The zero-order valence-corrected chi connectivity index (χ0v) is 20.4. The SMILES string of the molecule is CCc1cccc(-c2cc(N3CCN(c4ncccc4C#N)C[C@H]3C)nc(N3CCOCC3)n2)c1. The van der Waals surface area contributed by atoms with Gasteiger partial charge in [-0.3, -0.25) is 0 Å². The predicted molar refractivity (Wildman–Crippen MR) is 138 cm³/mol. The van der Waals surface area contributed by atoms with Crippen molar-refractivity contribution in [2.24, 2.45) is 0 Å². The molecule has 1 atom stereocenters. The van der Waals surface area contributed by atoms with Crippen LogP contribution in [0.5, 0.6) is 0 Å². The van der Waals surface area contributed by atoms with Gasteiger partial charge in [0.1, 0.15) is 17.7 Å². The first-order valence-corrected chi connectivity index (χ1v) is 12.3. The standard InChI is InChI=1S/C27H31N7O/c1-3-21-6-4-7-22(16-21)24-17-25(31-27(30-24)32-12-14-35-15-13-32)34-11-10-33(19-20(34)2)26-23(18-28)8-5-9-29-26/h4-9,16-17,20H,3,10-15,19H2,1-2H3/t20-/m1/s1. The van der Waals surface area contributed by atoms with Crippen molar-refractivity contribution in [2.45, 2.75) is 26.3 Å². The van der Waals surface area contributed by atoms with Gasteiger partial charge in [-0.05, 0) is 37.1 Å². The Bertz CT molecular complexity index is 1220. The third-order valence-electron chi connectivity index (χ3n) is 6.75. The third kappa shape index (κ3) is 4.91. The molecule has 0 amide bonds. The maximum absolute atomic E-state index is 9.52. The summed E-state index contributed by atoms with van der Waals surface area (Å²) in [5.74, 6) is 2.45. The van der Waals surface area contributed by atoms with E-state index in [0.717, 1.165) is 68.0 Å². The summed E-state index contributed by atoms with van der Waals surface area (Å²) in [6.07, 6.45) is 2.74. The van der Waals surface area contributed by atoms with Crippen LogP contribution in [0.2, 0.25) is 0 Å². The first kappa shape index (κ1) is 23.1. The van der Waals surface area contributed by atoms with Crippen LogP contribution in [-0.4, -0.2) is 66.9 Å². The molecule has 5 rings (SSSR count). The van der Waals surface area contributed by atoms with Crippen LogP contribution in [0.4, 0.5) is 17.6 Å². The van der Waals surface area contributed by atoms with Crippen molar-refractivity contribution >= 4 is 17.6 Å². The van der Waals surface area contributed by atoms with E-state index in [2.05, 4.69) is 69.9 Å². The van der Waals surface area contributed by atoms with Crippen molar-refractivity contribution in [2.75, 3.05) is 60.6 Å². The summed E-state index contributed by atoms with van der Waals surface area (Å²) in [6, 6.07) is 16.8. The van der Waals surface area contributed by atoms with E-state index in [9.17, 15) is 5.26 Å². The summed E-state index contributed by atoms with van der Waals surface area (Å²) in [5, 5.41) is 9.52. The predicted octanol–water partition coefficient (Wildman–Crippen LogP) is 3.52. The van der Waals surface area contributed by atoms with Crippen molar-refractivity contribution in [3.63, 3.8) is 0 Å². The number of hydrogen-bond acceptors (Lipinski definition) is 8. The summed E-state index contributed by atoms with van der Waals surface area (Å²) in [6.45, 7) is 9.66. The number of aromatic nitrogens is 3. The van der Waals surface area contributed by atoms with Gasteiger partial charge in [-0.15, -0.1) is 0 Å². The summed E-state index contributed by atoms with van der Waals surface area (Å²) in [4.78, 5) is 21.3. The van der Waals surface area contributed by atoms with Crippen LogP contribution in [0.15, 0.2) is 48.7 Å². The molecule has 2 saturated heterocycles. The van der Waals surface area contributed by atoms with Gasteiger partial charge < -0.3 is 19.4 Å². The number of rotatable bonds is 5. The van der Waals surface area contributed by atoms with Gasteiger partial charge in [-0.25, -0.2) is 9.97 Å². The Kier molecular flexibility index (Phi) is 6.77. The molecular weight excluding hydrogens is 438 g/mol. The normalized spacial score (nSPS) is 18.4. The van der Waals surface area contributed by atoms with Gasteiger partial charge in [-0.2, -0.15) is 10.2 Å².